The lowest BCUT2D eigenvalue weighted by Gasteiger charge is -2.09. The van der Waals surface area contributed by atoms with Crippen LogP contribution in [0, 0.1) is 0 Å². The number of nitrogens with one attached hydrogen (secondary N) is 2. The SMILES string of the molecule is C/C(=N/O)c1ccccc1NC(=O)c1cc[nH]c(=O)c1. The van der Waals surface area contributed by atoms with E-state index in [9.17, 15) is 9.59 Å². The topological polar surface area (TPSA) is 94.6 Å². The summed E-state index contributed by atoms with van der Waals surface area (Å²) in [5.41, 5.74) is 1.40. The van der Waals surface area contributed by atoms with Crippen molar-refractivity contribution in [1.82, 2.24) is 4.98 Å². The first-order valence-electron chi connectivity index (χ1n) is 5.90. The van der Waals surface area contributed by atoms with E-state index in [4.69, 9.17) is 5.21 Å². The van der Waals surface area contributed by atoms with Crippen LogP contribution in [0.15, 0.2) is 52.5 Å². The van der Waals surface area contributed by atoms with E-state index in [2.05, 4.69) is 15.5 Å². The highest BCUT2D eigenvalue weighted by Gasteiger charge is 2.10. The second-order valence-corrected chi connectivity index (χ2v) is 4.13. The van der Waals surface area contributed by atoms with Gasteiger partial charge < -0.3 is 15.5 Å². The predicted molar refractivity (Wildman–Crippen MR) is 75.5 cm³/mol. The lowest BCUT2D eigenvalue weighted by atomic mass is 10.1. The molecule has 0 fully saturated rings. The van der Waals surface area contributed by atoms with Crippen LogP contribution in [-0.2, 0) is 0 Å². The molecule has 0 bridgehead atoms. The second-order valence-electron chi connectivity index (χ2n) is 4.13. The molecule has 20 heavy (non-hydrogen) atoms. The van der Waals surface area contributed by atoms with E-state index in [0.29, 0.717) is 17.0 Å². The van der Waals surface area contributed by atoms with Crippen molar-refractivity contribution >= 4 is 17.3 Å². The molecule has 1 amide bonds. The number of carbonyl (C=O) groups is 1. The highest BCUT2D eigenvalue weighted by molar-refractivity contribution is 6.10. The molecule has 0 aliphatic carbocycles. The van der Waals surface area contributed by atoms with Gasteiger partial charge in [0.15, 0.2) is 0 Å². The number of nitrogens with zero attached hydrogens (tertiary/aromatic N) is 1. The number of benzene rings is 1. The molecule has 2 rings (SSSR count). The molecule has 0 unspecified atom stereocenters. The Bertz CT molecular complexity index is 719. The van der Waals surface area contributed by atoms with Gasteiger partial charge in [-0.05, 0) is 19.1 Å². The van der Waals surface area contributed by atoms with Crippen LogP contribution in [-0.4, -0.2) is 21.8 Å². The minimum Gasteiger partial charge on any atom is -0.411 e. The number of carbonyl (C=O) groups excluding carboxylic acids is 1. The number of aromatic nitrogens is 1. The Balaban J connectivity index is 2.31. The number of aromatic amines is 1. The summed E-state index contributed by atoms with van der Waals surface area (Å²) in [5, 5.41) is 14.6. The Kier molecular flexibility index (Phi) is 3.95. The quantitative estimate of drug-likeness (QED) is 0.451. The average molecular weight is 271 g/mol. The molecule has 1 aromatic carbocycles. The number of pyridine rings is 1. The van der Waals surface area contributed by atoms with Crippen molar-refractivity contribution < 1.29 is 10.0 Å². The summed E-state index contributed by atoms with van der Waals surface area (Å²) in [5.74, 6) is -0.408. The maximum atomic E-state index is 12.1. The fraction of sp³-hybridized carbons (Fsp3) is 0.0714. The fourth-order valence-corrected chi connectivity index (χ4v) is 1.74. The molecule has 1 aromatic heterocycles. The van der Waals surface area contributed by atoms with Crippen LogP contribution in [0.25, 0.3) is 0 Å². The van der Waals surface area contributed by atoms with Gasteiger partial charge in [0.05, 0.1) is 11.4 Å². The first kappa shape index (κ1) is 13.5. The van der Waals surface area contributed by atoms with E-state index < -0.39 is 5.91 Å². The zero-order valence-electron chi connectivity index (χ0n) is 10.8. The van der Waals surface area contributed by atoms with Gasteiger partial charge >= 0.3 is 0 Å². The third-order valence-electron chi connectivity index (χ3n) is 2.75. The van der Waals surface area contributed by atoms with Gasteiger partial charge in [-0.1, -0.05) is 23.4 Å². The smallest absolute Gasteiger partial charge is 0.255 e. The summed E-state index contributed by atoms with van der Waals surface area (Å²) >= 11 is 0. The number of para-hydroxylation sites is 1. The lowest BCUT2D eigenvalue weighted by Crippen LogP contribution is -2.17. The van der Waals surface area contributed by atoms with E-state index in [1.54, 1.807) is 31.2 Å². The number of hydrogen-bond donors (Lipinski definition) is 3. The van der Waals surface area contributed by atoms with Crippen molar-refractivity contribution in [3.05, 3.63) is 64.1 Å². The van der Waals surface area contributed by atoms with Gasteiger partial charge in [-0.25, -0.2) is 0 Å². The first-order valence-corrected chi connectivity index (χ1v) is 5.90. The van der Waals surface area contributed by atoms with Gasteiger partial charge in [-0.3, -0.25) is 9.59 Å². The Hall–Kier alpha value is -2.89. The molecule has 0 saturated heterocycles. The molecule has 3 N–H and O–H groups in total. The number of amides is 1. The van der Waals surface area contributed by atoms with E-state index >= 15 is 0 Å². The normalized spacial score (nSPS) is 11.2. The summed E-state index contributed by atoms with van der Waals surface area (Å²) < 4.78 is 0. The monoisotopic (exact) mass is 271 g/mol. The van der Waals surface area contributed by atoms with Crippen molar-refractivity contribution in [2.24, 2.45) is 5.16 Å². The molecular formula is C14H13N3O3. The number of H-pyrrole nitrogens is 1. The van der Waals surface area contributed by atoms with Crippen LogP contribution in [0.1, 0.15) is 22.8 Å². The minimum atomic E-state index is -0.408. The van der Waals surface area contributed by atoms with Crippen molar-refractivity contribution in [2.75, 3.05) is 5.32 Å². The van der Waals surface area contributed by atoms with Gasteiger partial charge in [-0.2, -0.15) is 0 Å². The van der Waals surface area contributed by atoms with Gasteiger partial charge in [0.25, 0.3) is 5.91 Å². The molecule has 0 spiro atoms. The van der Waals surface area contributed by atoms with E-state index in [1.165, 1.54) is 18.3 Å². The standard InChI is InChI=1S/C14H13N3O3/c1-9(17-20)11-4-2-3-5-12(11)16-14(19)10-6-7-15-13(18)8-10/h2-8,20H,1H3,(H,15,18)(H,16,19)/b17-9-. The third-order valence-corrected chi connectivity index (χ3v) is 2.75. The van der Waals surface area contributed by atoms with Gasteiger partial charge in [-0.15, -0.1) is 0 Å². The molecule has 6 heteroatoms. The van der Waals surface area contributed by atoms with Crippen LogP contribution < -0.4 is 10.9 Å². The van der Waals surface area contributed by atoms with Crippen molar-refractivity contribution in [3.63, 3.8) is 0 Å². The fourth-order valence-electron chi connectivity index (χ4n) is 1.74. The predicted octanol–water partition coefficient (Wildman–Crippen LogP) is 1.83. The van der Waals surface area contributed by atoms with E-state index in [1.807, 2.05) is 0 Å². The zero-order chi connectivity index (χ0) is 14.5. The molecule has 2 aromatic rings. The summed E-state index contributed by atoms with van der Waals surface area (Å²) in [6.07, 6.45) is 1.41. The second kappa shape index (κ2) is 5.83. The van der Waals surface area contributed by atoms with Gasteiger partial charge in [0, 0.05) is 23.4 Å². The number of oxime groups is 1. The van der Waals surface area contributed by atoms with Crippen LogP contribution in [0.3, 0.4) is 0 Å². The lowest BCUT2D eigenvalue weighted by molar-refractivity contribution is 0.102. The van der Waals surface area contributed by atoms with Crippen molar-refractivity contribution in [3.8, 4) is 0 Å². The Morgan fingerprint density at radius 2 is 2.05 bits per heavy atom. The summed E-state index contributed by atoms with van der Waals surface area (Å²) in [6, 6.07) is 9.66. The van der Waals surface area contributed by atoms with Crippen molar-refractivity contribution in [2.45, 2.75) is 6.92 Å². The highest BCUT2D eigenvalue weighted by atomic mass is 16.4. The number of hydrogen-bond acceptors (Lipinski definition) is 4. The largest absolute Gasteiger partial charge is 0.411 e. The molecule has 0 saturated carbocycles. The van der Waals surface area contributed by atoms with Crippen LogP contribution in [0.2, 0.25) is 0 Å². The average Bonchev–Trinajstić information content (AvgIpc) is 2.47. The van der Waals surface area contributed by atoms with Crippen molar-refractivity contribution in [1.29, 1.82) is 0 Å². The highest BCUT2D eigenvalue weighted by Crippen LogP contribution is 2.16. The van der Waals surface area contributed by atoms with Crippen LogP contribution in [0.4, 0.5) is 5.69 Å². The van der Waals surface area contributed by atoms with E-state index in [-0.39, 0.29) is 11.1 Å². The molecule has 0 aliphatic heterocycles. The minimum absolute atomic E-state index is 0.252. The van der Waals surface area contributed by atoms with Crippen LogP contribution >= 0.6 is 0 Å². The summed E-state index contributed by atoms with van der Waals surface area (Å²) in [7, 11) is 0. The molecule has 0 radical (unpaired) electrons. The molecule has 1 heterocycles. The molecule has 0 aliphatic rings. The Morgan fingerprint density at radius 3 is 2.75 bits per heavy atom. The first-order chi connectivity index (χ1) is 9.61. The van der Waals surface area contributed by atoms with Gasteiger partial charge in [0.1, 0.15) is 0 Å². The third kappa shape index (κ3) is 2.92. The van der Waals surface area contributed by atoms with Gasteiger partial charge in [0.2, 0.25) is 5.56 Å². The van der Waals surface area contributed by atoms with E-state index in [0.717, 1.165) is 0 Å². The Morgan fingerprint density at radius 1 is 1.30 bits per heavy atom. The Labute approximate surface area is 114 Å². The molecule has 6 nitrogen and oxygen atoms in total. The molecule has 102 valence electrons. The maximum absolute atomic E-state index is 12.1. The zero-order valence-corrected chi connectivity index (χ0v) is 10.8. The number of anilines is 1. The maximum Gasteiger partial charge on any atom is 0.255 e. The molecule has 0 atom stereocenters. The molecular weight excluding hydrogens is 258 g/mol. The summed E-state index contributed by atoms with van der Waals surface area (Å²) in [4.78, 5) is 25.7. The van der Waals surface area contributed by atoms with Crippen LogP contribution in [0.5, 0.6) is 0 Å². The number of rotatable bonds is 3. The summed E-state index contributed by atoms with van der Waals surface area (Å²) in [6.45, 7) is 1.62.